The maximum absolute atomic E-state index is 10.2. The van der Waals surface area contributed by atoms with Gasteiger partial charge < -0.3 is 45.4 Å². The summed E-state index contributed by atoms with van der Waals surface area (Å²) in [5.74, 6) is 0. The molecular weight excluding hydrogens is 310 g/mol. The zero-order chi connectivity index (χ0) is 17.3. The summed E-state index contributed by atoms with van der Waals surface area (Å²) < 4.78 is 10.4. The molecular formula is C14H25NO8. The molecule has 1 aliphatic carbocycles. The minimum Gasteiger partial charge on any atom is -0.392 e. The first-order valence-corrected chi connectivity index (χ1v) is 7.47. The lowest BCUT2D eigenvalue weighted by Gasteiger charge is -2.44. The molecule has 23 heavy (non-hydrogen) atoms. The zero-order valence-electron chi connectivity index (χ0n) is 13.0. The van der Waals surface area contributed by atoms with E-state index < -0.39 is 61.6 Å². The monoisotopic (exact) mass is 335 g/mol. The van der Waals surface area contributed by atoms with E-state index in [-0.39, 0.29) is 5.57 Å². The Morgan fingerprint density at radius 3 is 2.30 bits per heavy atom. The van der Waals surface area contributed by atoms with E-state index in [2.05, 4.69) is 5.32 Å². The standard InChI is InChI=1S/C14H25NO8/c1-5-8(11(19)13(21)14(22-2)23-5)15-7-3-6(4-16)9(17)12(20)10(7)18/h3,5,7-21H,4H2,1-2H3/t5-,7-,8?,9-,10+,11+,12?,13?,14-/m1/s1. The third-order valence-corrected chi connectivity index (χ3v) is 4.47. The highest BCUT2D eigenvalue weighted by atomic mass is 16.7. The van der Waals surface area contributed by atoms with Crippen LogP contribution >= 0.6 is 0 Å². The molecule has 1 saturated heterocycles. The van der Waals surface area contributed by atoms with E-state index in [0.717, 1.165) is 0 Å². The molecule has 0 aromatic rings. The summed E-state index contributed by atoms with van der Waals surface area (Å²) in [4.78, 5) is 0. The van der Waals surface area contributed by atoms with Gasteiger partial charge in [0.1, 0.15) is 30.5 Å². The van der Waals surface area contributed by atoms with Crippen LogP contribution in [0.25, 0.3) is 0 Å². The number of ether oxygens (including phenoxy) is 2. The lowest BCUT2D eigenvalue weighted by molar-refractivity contribution is -0.265. The van der Waals surface area contributed by atoms with Gasteiger partial charge in [-0.2, -0.15) is 0 Å². The highest BCUT2D eigenvalue weighted by Gasteiger charge is 2.45. The molecule has 2 aliphatic rings. The zero-order valence-corrected chi connectivity index (χ0v) is 13.0. The maximum Gasteiger partial charge on any atom is 0.186 e. The molecule has 9 nitrogen and oxygen atoms in total. The fourth-order valence-electron chi connectivity index (χ4n) is 3.02. The van der Waals surface area contributed by atoms with Gasteiger partial charge >= 0.3 is 0 Å². The van der Waals surface area contributed by atoms with Gasteiger partial charge in [-0.25, -0.2) is 0 Å². The molecule has 0 spiro atoms. The summed E-state index contributed by atoms with van der Waals surface area (Å²) >= 11 is 0. The van der Waals surface area contributed by atoms with Crippen molar-refractivity contribution < 1.29 is 40.1 Å². The number of methoxy groups -OCH3 is 1. The van der Waals surface area contributed by atoms with Crippen LogP contribution in [0.1, 0.15) is 6.92 Å². The first-order chi connectivity index (χ1) is 10.8. The molecule has 0 amide bonds. The molecule has 0 aromatic heterocycles. The average molecular weight is 335 g/mol. The lowest BCUT2D eigenvalue weighted by Crippen LogP contribution is -2.66. The topological polar surface area (TPSA) is 152 Å². The Hall–Kier alpha value is -0.620. The van der Waals surface area contributed by atoms with E-state index >= 15 is 0 Å². The van der Waals surface area contributed by atoms with E-state index in [1.54, 1.807) is 6.92 Å². The Bertz CT molecular complexity index is 433. The first kappa shape index (κ1) is 18.7. The fourth-order valence-corrected chi connectivity index (χ4v) is 3.02. The second-order valence-electron chi connectivity index (χ2n) is 5.97. The van der Waals surface area contributed by atoms with Crippen LogP contribution in [-0.4, -0.2) is 99.4 Å². The largest absolute Gasteiger partial charge is 0.392 e. The second-order valence-corrected chi connectivity index (χ2v) is 5.97. The molecule has 1 aliphatic heterocycles. The summed E-state index contributed by atoms with van der Waals surface area (Å²) in [7, 11) is 1.35. The summed E-state index contributed by atoms with van der Waals surface area (Å²) in [5, 5.41) is 62.0. The van der Waals surface area contributed by atoms with Crippen LogP contribution in [0, 0.1) is 0 Å². The Kier molecular flexibility index (Phi) is 6.11. The van der Waals surface area contributed by atoms with Crippen LogP contribution in [0.15, 0.2) is 11.6 Å². The number of rotatable bonds is 4. The van der Waals surface area contributed by atoms with Gasteiger partial charge in [-0.3, -0.25) is 0 Å². The highest BCUT2D eigenvalue weighted by Crippen LogP contribution is 2.25. The summed E-state index contributed by atoms with van der Waals surface area (Å²) in [5.41, 5.74) is 0.162. The molecule has 1 heterocycles. The smallest absolute Gasteiger partial charge is 0.186 e. The third kappa shape index (κ3) is 3.58. The normalized spacial score (nSPS) is 48.2. The predicted octanol–water partition coefficient (Wildman–Crippen LogP) is -3.56. The van der Waals surface area contributed by atoms with Gasteiger partial charge in [0.05, 0.1) is 24.8 Å². The Morgan fingerprint density at radius 1 is 1.09 bits per heavy atom. The van der Waals surface area contributed by atoms with Gasteiger partial charge in [-0.15, -0.1) is 0 Å². The van der Waals surface area contributed by atoms with Crippen LogP contribution in [-0.2, 0) is 9.47 Å². The van der Waals surface area contributed by atoms with Crippen LogP contribution in [0.2, 0.25) is 0 Å². The number of hydrogen-bond donors (Lipinski definition) is 7. The van der Waals surface area contributed by atoms with Gasteiger partial charge in [-0.05, 0) is 12.5 Å². The van der Waals surface area contributed by atoms with E-state index in [9.17, 15) is 30.6 Å². The molecule has 7 N–H and O–H groups in total. The van der Waals surface area contributed by atoms with Crippen LogP contribution in [0.3, 0.4) is 0 Å². The Morgan fingerprint density at radius 2 is 1.74 bits per heavy atom. The van der Waals surface area contributed by atoms with Gasteiger partial charge in [0.2, 0.25) is 0 Å². The fraction of sp³-hybridized carbons (Fsp3) is 0.857. The second kappa shape index (κ2) is 7.51. The summed E-state index contributed by atoms with van der Waals surface area (Å²) in [6, 6.07) is -1.60. The van der Waals surface area contributed by atoms with Crippen molar-refractivity contribution in [2.75, 3.05) is 13.7 Å². The molecule has 9 atom stereocenters. The lowest BCUT2D eigenvalue weighted by atomic mass is 9.86. The van der Waals surface area contributed by atoms with Crippen molar-refractivity contribution in [2.24, 2.45) is 0 Å². The minimum atomic E-state index is -1.48. The molecule has 134 valence electrons. The van der Waals surface area contributed by atoms with Crippen LogP contribution in [0.4, 0.5) is 0 Å². The number of aliphatic hydroxyl groups is 6. The van der Waals surface area contributed by atoms with E-state index in [1.165, 1.54) is 13.2 Å². The number of nitrogens with one attached hydrogen (secondary N) is 1. The van der Waals surface area contributed by atoms with Crippen molar-refractivity contribution >= 4 is 0 Å². The Balaban J connectivity index is 2.15. The highest BCUT2D eigenvalue weighted by molar-refractivity contribution is 5.22. The van der Waals surface area contributed by atoms with Crippen LogP contribution < -0.4 is 5.32 Å². The molecule has 0 aromatic carbocycles. The van der Waals surface area contributed by atoms with Crippen molar-refractivity contribution in [3.8, 4) is 0 Å². The molecule has 1 fully saturated rings. The van der Waals surface area contributed by atoms with Gasteiger partial charge in [0, 0.05) is 7.11 Å². The van der Waals surface area contributed by atoms with Crippen molar-refractivity contribution in [2.45, 2.75) is 61.9 Å². The molecule has 2 rings (SSSR count). The van der Waals surface area contributed by atoms with E-state index in [4.69, 9.17) is 9.47 Å². The third-order valence-electron chi connectivity index (χ3n) is 4.47. The maximum atomic E-state index is 10.2. The van der Waals surface area contributed by atoms with Gasteiger partial charge in [-0.1, -0.05) is 6.08 Å². The van der Waals surface area contributed by atoms with E-state index in [1.807, 2.05) is 0 Å². The quantitative estimate of drug-likeness (QED) is 0.259. The first-order valence-electron chi connectivity index (χ1n) is 7.47. The van der Waals surface area contributed by atoms with Gasteiger partial charge in [0.15, 0.2) is 6.29 Å². The Labute approximate surface area is 133 Å². The summed E-state index contributed by atoms with van der Waals surface area (Å²) in [6.07, 6.45) is -6.83. The molecule has 0 saturated carbocycles. The van der Waals surface area contributed by atoms with E-state index in [0.29, 0.717) is 0 Å². The molecule has 3 unspecified atom stereocenters. The van der Waals surface area contributed by atoms with Crippen molar-refractivity contribution in [1.29, 1.82) is 0 Å². The van der Waals surface area contributed by atoms with Crippen LogP contribution in [0.5, 0.6) is 0 Å². The van der Waals surface area contributed by atoms with Crippen molar-refractivity contribution in [1.82, 2.24) is 5.32 Å². The number of aliphatic hydroxyl groups excluding tert-OH is 6. The molecule has 0 radical (unpaired) electrons. The van der Waals surface area contributed by atoms with Gasteiger partial charge in [0.25, 0.3) is 0 Å². The SMILES string of the molecule is CO[C@@H]1O[C@H](C)C(N[C@@H]2C=C(CO)[C@@H](O)C(O)[C@H]2O)[C@H](O)C1O. The number of hydrogen-bond acceptors (Lipinski definition) is 9. The van der Waals surface area contributed by atoms with Crippen molar-refractivity contribution in [3.63, 3.8) is 0 Å². The predicted molar refractivity (Wildman–Crippen MR) is 77.3 cm³/mol. The summed E-state index contributed by atoms with van der Waals surface area (Å²) in [6.45, 7) is 1.19. The molecule has 9 heteroatoms. The molecule has 0 bridgehead atoms. The average Bonchev–Trinajstić information content (AvgIpc) is 2.54. The minimum absolute atomic E-state index is 0.162. The van der Waals surface area contributed by atoms with Crippen molar-refractivity contribution in [3.05, 3.63) is 11.6 Å².